The molecular weight excluding hydrogens is 288 g/mol. The van der Waals surface area contributed by atoms with Gasteiger partial charge in [0.1, 0.15) is 11.6 Å². The number of nitriles is 1. The number of nitrogens with zero attached hydrogens (tertiary/aromatic N) is 4. The van der Waals surface area contributed by atoms with Crippen LogP contribution in [0.1, 0.15) is 12.5 Å². The molecule has 1 saturated heterocycles. The third-order valence-electron chi connectivity index (χ3n) is 3.69. The van der Waals surface area contributed by atoms with Gasteiger partial charge in [0.05, 0.1) is 17.7 Å². The number of anilines is 1. The van der Waals surface area contributed by atoms with Crippen LogP contribution in [0.5, 0.6) is 5.75 Å². The lowest BCUT2D eigenvalue weighted by atomic mass is 10.1. The van der Waals surface area contributed by atoms with Gasteiger partial charge in [0, 0.05) is 39.2 Å². The zero-order valence-corrected chi connectivity index (χ0v) is 12.4. The molecule has 116 valence electrons. The Balaban J connectivity index is 2.35. The van der Waals surface area contributed by atoms with Crippen LogP contribution in [0.3, 0.4) is 0 Å². The maximum absolute atomic E-state index is 11.3. The van der Waals surface area contributed by atoms with E-state index in [0.29, 0.717) is 31.9 Å². The molecule has 1 heterocycles. The molecule has 8 heteroatoms. The first-order valence-electron chi connectivity index (χ1n) is 6.75. The van der Waals surface area contributed by atoms with E-state index in [0.717, 1.165) is 0 Å². The van der Waals surface area contributed by atoms with Crippen LogP contribution in [0.2, 0.25) is 0 Å². The van der Waals surface area contributed by atoms with Crippen molar-refractivity contribution in [2.24, 2.45) is 0 Å². The Labute approximate surface area is 127 Å². The Hall–Kier alpha value is -2.82. The molecule has 8 nitrogen and oxygen atoms in total. The van der Waals surface area contributed by atoms with E-state index in [4.69, 9.17) is 4.74 Å². The summed E-state index contributed by atoms with van der Waals surface area (Å²) in [5.74, 6) is -0.0135. The van der Waals surface area contributed by atoms with Gasteiger partial charge in [0.2, 0.25) is 11.7 Å². The van der Waals surface area contributed by atoms with Crippen molar-refractivity contribution >= 4 is 17.3 Å². The minimum Gasteiger partial charge on any atom is -0.489 e. The number of hydrogen-bond acceptors (Lipinski definition) is 6. The Bertz CT molecular complexity index is 645. The van der Waals surface area contributed by atoms with E-state index < -0.39 is 4.92 Å². The molecule has 0 aromatic heterocycles. The minimum absolute atomic E-state index is 0.0152. The van der Waals surface area contributed by atoms with E-state index >= 15 is 0 Å². The number of benzene rings is 1. The molecule has 0 N–H and O–H groups in total. The molecule has 2 rings (SSSR count). The highest BCUT2D eigenvalue weighted by atomic mass is 16.6. The molecule has 0 aliphatic carbocycles. The van der Waals surface area contributed by atoms with Crippen molar-refractivity contribution in [1.82, 2.24) is 4.90 Å². The zero-order chi connectivity index (χ0) is 16.3. The molecule has 0 unspecified atom stereocenters. The summed E-state index contributed by atoms with van der Waals surface area (Å²) in [6, 6.07) is 4.89. The van der Waals surface area contributed by atoms with Crippen LogP contribution in [0.25, 0.3) is 0 Å². The van der Waals surface area contributed by atoms with Crippen molar-refractivity contribution in [2.75, 3.05) is 38.2 Å². The first kappa shape index (κ1) is 15.6. The molecule has 1 aromatic carbocycles. The van der Waals surface area contributed by atoms with Crippen LogP contribution in [-0.2, 0) is 4.79 Å². The van der Waals surface area contributed by atoms with Gasteiger partial charge in [0.15, 0.2) is 0 Å². The first-order valence-corrected chi connectivity index (χ1v) is 6.75. The second-order valence-corrected chi connectivity index (χ2v) is 4.87. The fourth-order valence-corrected chi connectivity index (χ4v) is 2.55. The standard InChI is InChI=1S/C14H16N4O4/c1-10(19)16-5-7-17(8-6-16)12-3-4-13(18(20)21)14(22-2)11(12)9-15/h3-4H,5-8H2,1-2H3. The van der Waals surface area contributed by atoms with Crippen LogP contribution >= 0.6 is 0 Å². The SMILES string of the molecule is COc1c([N+](=O)[O-])ccc(N2CCN(C(C)=O)CC2)c1C#N. The van der Waals surface area contributed by atoms with E-state index in [1.807, 2.05) is 11.0 Å². The van der Waals surface area contributed by atoms with Crippen LogP contribution in [-0.4, -0.2) is 49.0 Å². The number of piperazine rings is 1. The summed E-state index contributed by atoms with van der Waals surface area (Å²) in [5.41, 5.74) is 0.506. The van der Waals surface area contributed by atoms with Gasteiger partial charge in [-0.15, -0.1) is 0 Å². The van der Waals surface area contributed by atoms with Gasteiger partial charge in [-0.05, 0) is 6.07 Å². The predicted octanol–water partition coefficient (Wildman–Crippen LogP) is 1.14. The second kappa shape index (κ2) is 6.30. The minimum atomic E-state index is -0.572. The van der Waals surface area contributed by atoms with E-state index in [2.05, 4.69) is 0 Å². The van der Waals surface area contributed by atoms with Crippen LogP contribution in [0.4, 0.5) is 11.4 Å². The quantitative estimate of drug-likeness (QED) is 0.613. The average molecular weight is 304 g/mol. The number of carbonyl (C=O) groups is 1. The number of amides is 1. The fourth-order valence-electron chi connectivity index (χ4n) is 2.55. The van der Waals surface area contributed by atoms with Gasteiger partial charge >= 0.3 is 5.69 Å². The van der Waals surface area contributed by atoms with Crippen LogP contribution < -0.4 is 9.64 Å². The number of methoxy groups -OCH3 is 1. The van der Waals surface area contributed by atoms with Gasteiger partial charge in [0.25, 0.3) is 0 Å². The molecule has 1 fully saturated rings. The maximum Gasteiger partial charge on any atom is 0.312 e. The molecule has 0 spiro atoms. The number of carbonyl (C=O) groups excluding carboxylic acids is 1. The fraction of sp³-hybridized carbons (Fsp3) is 0.429. The van der Waals surface area contributed by atoms with E-state index in [-0.39, 0.29) is 22.9 Å². The zero-order valence-electron chi connectivity index (χ0n) is 12.4. The Morgan fingerprint density at radius 2 is 2.00 bits per heavy atom. The summed E-state index contributed by atoms with van der Waals surface area (Å²) in [4.78, 5) is 25.4. The third kappa shape index (κ3) is 2.79. The van der Waals surface area contributed by atoms with Crippen molar-refractivity contribution in [3.63, 3.8) is 0 Å². The summed E-state index contributed by atoms with van der Waals surface area (Å²) in [6.45, 7) is 3.76. The lowest BCUT2D eigenvalue weighted by Crippen LogP contribution is -2.48. The molecule has 0 saturated carbocycles. The highest BCUT2D eigenvalue weighted by Crippen LogP contribution is 2.37. The smallest absolute Gasteiger partial charge is 0.312 e. The second-order valence-electron chi connectivity index (χ2n) is 4.87. The molecule has 22 heavy (non-hydrogen) atoms. The van der Waals surface area contributed by atoms with E-state index in [1.165, 1.54) is 20.1 Å². The highest BCUT2D eigenvalue weighted by molar-refractivity contribution is 5.74. The molecule has 1 amide bonds. The molecular formula is C14H16N4O4. The largest absolute Gasteiger partial charge is 0.489 e. The maximum atomic E-state index is 11.3. The molecule has 0 bridgehead atoms. The third-order valence-corrected chi connectivity index (χ3v) is 3.69. The normalized spacial score (nSPS) is 14.4. The summed E-state index contributed by atoms with van der Waals surface area (Å²) < 4.78 is 5.06. The lowest BCUT2D eigenvalue weighted by Gasteiger charge is -2.36. The first-order chi connectivity index (χ1) is 10.5. The van der Waals surface area contributed by atoms with E-state index in [9.17, 15) is 20.2 Å². The van der Waals surface area contributed by atoms with Crippen LogP contribution in [0, 0.1) is 21.4 Å². The number of ether oxygens (including phenoxy) is 1. The molecule has 1 aromatic rings. The molecule has 0 atom stereocenters. The Kier molecular flexibility index (Phi) is 4.46. The number of nitro benzene ring substituents is 1. The average Bonchev–Trinajstić information content (AvgIpc) is 2.53. The van der Waals surface area contributed by atoms with Gasteiger partial charge in [-0.3, -0.25) is 14.9 Å². The van der Waals surface area contributed by atoms with Crippen molar-refractivity contribution < 1.29 is 14.5 Å². The molecule has 1 aliphatic heterocycles. The number of rotatable bonds is 3. The topological polar surface area (TPSA) is 99.7 Å². The summed E-state index contributed by atoms with van der Waals surface area (Å²) in [7, 11) is 1.31. The van der Waals surface area contributed by atoms with Crippen LogP contribution in [0.15, 0.2) is 12.1 Å². The summed E-state index contributed by atoms with van der Waals surface area (Å²) in [6.07, 6.45) is 0. The van der Waals surface area contributed by atoms with Gasteiger partial charge in [-0.2, -0.15) is 5.26 Å². The summed E-state index contributed by atoms with van der Waals surface area (Å²) in [5, 5.41) is 20.4. The lowest BCUT2D eigenvalue weighted by molar-refractivity contribution is -0.385. The Morgan fingerprint density at radius 1 is 1.36 bits per heavy atom. The monoisotopic (exact) mass is 304 g/mol. The molecule has 0 radical (unpaired) electrons. The highest BCUT2D eigenvalue weighted by Gasteiger charge is 2.26. The van der Waals surface area contributed by atoms with Crippen molar-refractivity contribution in [2.45, 2.75) is 6.92 Å². The van der Waals surface area contributed by atoms with Crippen molar-refractivity contribution in [3.05, 3.63) is 27.8 Å². The van der Waals surface area contributed by atoms with Gasteiger partial charge < -0.3 is 14.5 Å². The van der Waals surface area contributed by atoms with Gasteiger partial charge in [-0.1, -0.05) is 0 Å². The Morgan fingerprint density at radius 3 is 2.45 bits per heavy atom. The van der Waals surface area contributed by atoms with Crippen molar-refractivity contribution in [3.8, 4) is 11.8 Å². The molecule has 1 aliphatic rings. The number of nitro groups is 1. The predicted molar refractivity (Wildman–Crippen MR) is 78.8 cm³/mol. The van der Waals surface area contributed by atoms with Crippen molar-refractivity contribution in [1.29, 1.82) is 5.26 Å². The number of hydrogen-bond donors (Lipinski definition) is 0. The van der Waals surface area contributed by atoms with Gasteiger partial charge in [-0.25, -0.2) is 0 Å². The van der Waals surface area contributed by atoms with E-state index in [1.54, 1.807) is 11.0 Å². The summed E-state index contributed by atoms with van der Waals surface area (Å²) >= 11 is 0.